The lowest BCUT2D eigenvalue weighted by molar-refractivity contribution is 0.0778. The number of aromatic nitrogens is 1. The Morgan fingerprint density at radius 3 is 2.86 bits per heavy atom. The van der Waals surface area contributed by atoms with E-state index in [1.54, 1.807) is 6.07 Å². The van der Waals surface area contributed by atoms with E-state index in [2.05, 4.69) is 18.8 Å². The fourth-order valence-electron chi connectivity index (χ4n) is 2.99. The maximum Gasteiger partial charge on any atom is 0.272 e. The maximum absolute atomic E-state index is 12.6. The first-order valence-electron chi connectivity index (χ1n) is 7.51. The van der Waals surface area contributed by atoms with Crippen molar-refractivity contribution in [3.8, 4) is 0 Å². The summed E-state index contributed by atoms with van der Waals surface area (Å²) >= 11 is 0. The normalized spacial score (nSPS) is 18.6. The van der Waals surface area contributed by atoms with E-state index in [4.69, 9.17) is 5.73 Å². The Hall–Kier alpha value is -2.10. The molecule has 1 fully saturated rings. The number of carbonyl (C=O) groups is 1. The Bertz CT molecular complexity index is 681. The van der Waals surface area contributed by atoms with E-state index in [0.29, 0.717) is 23.2 Å². The van der Waals surface area contributed by atoms with E-state index in [-0.39, 0.29) is 5.91 Å². The minimum Gasteiger partial charge on any atom is -0.398 e. The number of anilines is 1. The highest BCUT2D eigenvalue weighted by Gasteiger charge is 2.29. The molecule has 1 unspecified atom stereocenters. The molecule has 1 aliphatic heterocycles. The van der Waals surface area contributed by atoms with Gasteiger partial charge in [-0.3, -0.25) is 4.79 Å². The molecule has 2 aromatic rings. The zero-order chi connectivity index (χ0) is 15.0. The number of nitrogen functional groups attached to an aromatic ring is 1. The lowest BCUT2D eigenvalue weighted by Gasteiger charge is -2.18. The topological polar surface area (TPSA) is 59.2 Å². The molecule has 4 nitrogen and oxygen atoms in total. The van der Waals surface area contributed by atoms with Crippen LogP contribution in [0.25, 0.3) is 10.9 Å². The average molecular weight is 283 g/mol. The van der Waals surface area contributed by atoms with Gasteiger partial charge in [-0.25, -0.2) is 4.98 Å². The highest BCUT2D eigenvalue weighted by Crippen LogP contribution is 2.26. The minimum absolute atomic E-state index is 0.00407. The number of benzene rings is 1. The molecule has 0 saturated carbocycles. The number of pyridine rings is 1. The number of carbonyl (C=O) groups excluding carboxylic acids is 1. The fraction of sp³-hybridized carbons (Fsp3) is 0.412. The first-order valence-corrected chi connectivity index (χ1v) is 7.51. The first kappa shape index (κ1) is 13.9. The highest BCUT2D eigenvalue weighted by atomic mass is 16.2. The van der Waals surface area contributed by atoms with Crippen molar-refractivity contribution in [1.82, 2.24) is 9.88 Å². The average Bonchev–Trinajstić information content (AvgIpc) is 2.96. The molecule has 21 heavy (non-hydrogen) atoms. The van der Waals surface area contributed by atoms with Crippen molar-refractivity contribution in [1.29, 1.82) is 0 Å². The zero-order valence-corrected chi connectivity index (χ0v) is 12.5. The Kier molecular flexibility index (Phi) is 3.53. The monoisotopic (exact) mass is 283 g/mol. The minimum atomic E-state index is -0.00407. The molecule has 0 radical (unpaired) electrons. The molecule has 0 aliphatic carbocycles. The lowest BCUT2D eigenvalue weighted by Crippen LogP contribution is -2.30. The number of para-hydroxylation sites is 1. The van der Waals surface area contributed by atoms with Crippen molar-refractivity contribution >= 4 is 22.5 Å². The van der Waals surface area contributed by atoms with Crippen LogP contribution in [0.2, 0.25) is 0 Å². The second kappa shape index (κ2) is 5.35. The molecule has 1 aromatic heterocycles. The van der Waals surface area contributed by atoms with Crippen LogP contribution < -0.4 is 5.73 Å². The quantitative estimate of drug-likeness (QED) is 0.922. The second-order valence-electron chi connectivity index (χ2n) is 6.16. The van der Waals surface area contributed by atoms with Gasteiger partial charge in [0.05, 0.1) is 5.52 Å². The molecule has 110 valence electrons. The van der Waals surface area contributed by atoms with E-state index in [1.165, 1.54) is 0 Å². The zero-order valence-electron chi connectivity index (χ0n) is 12.5. The van der Waals surface area contributed by atoms with Gasteiger partial charge in [-0.15, -0.1) is 0 Å². The molecular weight excluding hydrogens is 262 g/mol. The standard InChI is InChI=1S/C17H21N3O/c1-11(2)12-7-8-20(10-12)17(21)16-9-14(18)13-5-3-4-6-15(13)19-16/h3-6,9,11-12H,7-8,10H2,1-2H3,(H2,18,19). The van der Waals surface area contributed by atoms with Crippen molar-refractivity contribution in [2.75, 3.05) is 18.8 Å². The maximum atomic E-state index is 12.6. The summed E-state index contributed by atoms with van der Waals surface area (Å²) in [7, 11) is 0. The molecule has 0 spiro atoms. The molecule has 2 N–H and O–H groups in total. The molecule has 1 amide bonds. The van der Waals surface area contributed by atoms with Crippen LogP contribution in [0.1, 0.15) is 30.8 Å². The Balaban J connectivity index is 1.89. The van der Waals surface area contributed by atoms with Crippen molar-refractivity contribution in [2.24, 2.45) is 11.8 Å². The summed E-state index contributed by atoms with van der Waals surface area (Å²) in [6.45, 7) is 6.07. The van der Waals surface area contributed by atoms with Gasteiger partial charge >= 0.3 is 0 Å². The summed E-state index contributed by atoms with van der Waals surface area (Å²) in [4.78, 5) is 19.0. The van der Waals surface area contributed by atoms with E-state index in [0.717, 1.165) is 30.4 Å². The van der Waals surface area contributed by atoms with Crippen LogP contribution in [-0.2, 0) is 0 Å². The summed E-state index contributed by atoms with van der Waals surface area (Å²) in [5, 5.41) is 0.899. The van der Waals surface area contributed by atoms with Gasteiger partial charge in [0.1, 0.15) is 5.69 Å². The van der Waals surface area contributed by atoms with Crippen LogP contribution >= 0.6 is 0 Å². The van der Waals surface area contributed by atoms with Crippen LogP contribution in [0.5, 0.6) is 0 Å². The summed E-state index contributed by atoms with van der Waals surface area (Å²) in [6, 6.07) is 9.36. The number of rotatable bonds is 2. The molecular formula is C17H21N3O. The number of nitrogens with zero attached hydrogens (tertiary/aromatic N) is 2. The largest absolute Gasteiger partial charge is 0.398 e. The van der Waals surface area contributed by atoms with Gasteiger partial charge in [-0.05, 0) is 30.4 Å². The van der Waals surface area contributed by atoms with Gasteiger partial charge in [-0.1, -0.05) is 32.0 Å². The number of fused-ring (bicyclic) bond motifs is 1. The van der Waals surface area contributed by atoms with Gasteiger partial charge in [0.25, 0.3) is 5.91 Å². The first-order chi connectivity index (χ1) is 10.1. The van der Waals surface area contributed by atoms with Crippen LogP contribution in [0.15, 0.2) is 30.3 Å². The van der Waals surface area contributed by atoms with E-state index >= 15 is 0 Å². The molecule has 0 bridgehead atoms. The van der Waals surface area contributed by atoms with Gasteiger partial charge in [0.15, 0.2) is 0 Å². The van der Waals surface area contributed by atoms with E-state index < -0.39 is 0 Å². The summed E-state index contributed by atoms with van der Waals surface area (Å²) in [5.74, 6) is 1.19. The predicted molar refractivity (Wildman–Crippen MR) is 85.0 cm³/mol. The SMILES string of the molecule is CC(C)C1CCN(C(=O)c2cc(N)c3ccccc3n2)C1. The number of hydrogen-bond donors (Lipinski definition) is 1. The van der Waals surface area contributed by atoms with Crippen molar-refractivity contribution in [2.45, 2.75) is 20.3 Å². The van der Waals surface area contributed by atoms with Crippen LogP contribution in [-0.4, -0.2) is 28.9 Å². The third-order valence-electron chi connectivity index (χ3n) is 4.42. The summed E-state index contributed by atoms with van der Waals surface area (Å²) < 4.78 is 0. The van der Waals surface area contributed by atoms with E-state index in [1.807, 2.05) is 29.2 Å². The molecule has 2 heterocycles. The third-order valence-corrected chi connectivity index (χ3v) is 4.42. The smallest absolute Gasteiger partial charge is 0.272 e. The van der Waals surface area contributed by atoms with Gasteiger partial charge < -0.3 is 10.6 Å². The molecule has 4 heteroatoms. The molecule has 1 aliphatic rings. The van der Waals surface area contributed by atoms with Gasteiger partial charge in [-0.2, -0.15) is 0 Å². The van der Waals surface area contributed by atoms with Crippen molar-refractivity contribution < 1.29 is 4.79 Å². The number of likely N-dealkylation sites (tertiary alicyclic amines) is 1. The van der Waals surface area contributed by atoms with Crippen LogP contribution in [0.3, 0.4) is 0 Å². The number of hydrogen-bond acceptors (Lipinski definition) is 3. The van der Waals surface area contributed by atoms with Gasteiger partial charge in [0, 0.05) is 24.2 Å². The van der Waals surface area contributed by atoms with Crippen molar-refractivity contribution in [3.05, 3.63) is 36.0 Å². The second-order valence-corrected chi connectivity index (χ2v) is 6.16. The number of amides is 1. The molecule has 1 atom stereocenters. The van der Waals surface area contributed by atoms with Crippen LogP contribution in [0, 0.1) is 11.8 Å². The Morgan fingerprint density at radius 2 is 2.14 bits per heavy atom. The molecule has 3 rings (SSSR count). The third kappa shape index (κ3) is 2.58. The predicted octanol–water partition coefficient (Wildman–Crippen LogP) is 2.94. The Labute approximate surface area is 125 Å². The van der Waals surface area contributed by atoms with Gasteiger partial charge in [0.2, 0.25) is 0 Å². The Morgan fingerprint density at radius 1 is 1.38 bits per heavy atom. The van der Waals surface area contributed by atoms with Crippen LogP contribution in [0.4, 0.5) is 5.69 Å². The highest BCUT2D eigenvalue weighted by molar-refractivity contribution is 5.99. The summed E-state index contributed by atoms with van der Waals surface area (Å²) in [6.07, 6.45) is 1.08. The fourth-order valence-corrected chi connectivity index (χ4v) is 2.99. The summed E-state index contributed by atoms with van der Waals surface area (Å²) in [5.41, 5.74) is 7.91. The molecule has 1 aromatic carbocycles. The lowest BCUT2D eigenvalue weighted by atomic mass is 9.95. The van der Waals surface area contributed by atoms with Crippen molar-refractivity contribution in [3.63, 3.8) is 0 Å². The molecule has 1 saturated heterocycles. The number of nitrogens with two attached hydrogens (primary N) is 1. The van der Waals surface area contributed by atoms with E-state index in [9.17, 15) is 4.79 Å².